The van der Waals surface area contributed by atoms with Crippen LogP contribution >= 0.6 is 11.6 Å². The predicted molar refractivity (Wildman–Crippen MR) is 80.2 cm³/mol. The van der Waals surface area contributed by atoms with Crippen molar-refractivity contribution < 1.29 is 4.39 Å². The van der Waals surface area contributed by atoms with E-state index in [1.54, 1.807) is 12.1 Å². The van der Waals surface area contributed by atoms with Gasteiger partial charge in [-0.05, 0) is 54.2 Å². The van der Waals surface area contributed by atoms with Crippen LogP contribution in [0.3, 0.4) is 0 Å². The lowest BCUT2D eigenvalue weighted by atomic mass is 10.0. The Balaban J connectivity index is 1.70. The Morgan fingerprint density at radius 2 is 1.90 bits per heavy atom. The molecule has 2 aromatic rings. The van der Waals surface area contributed by atoms with Gasteiger partial charge in [0.05, 0.1) is 0 Å². The Hall–Kier alpha value is -1.38. The summed E-state index contributed by atoms with van der Waals surface area (Å²) < 4.78 is 13.2. The molecule has 1 atom stereocenters. The van der Waals surface area contributed by atoms with E-state index >= 15 is 0 Å². The highest BCUT2D eigenvalue weighted by molar-refractivity contribution is 6.30. The summed E-state index contributed by atoms with van der Waals surface area (Å²) >= 11 is 5.94. The van der Waals surface area contributed by atoms with Crippen molar-refractivity contribution in [3.63, 3.8) is 0 Å². The predicted octanol–water partition coefficient (Wildman–Crippen LogP) is 4.72. The van der Waals surface area contributed by atoms with E-state index in [0.29, 0.717) is 18.5 Å². The van der Waals surface area contributed by atoms with Gasteiger partial charge in [-0.2, -0.15) is 0 Å². The first kappa shape index (κ1) is 13.6. The molecule has 3 rings (SSSR count). The molecule has 3 heteroatoms. The summed E-state index contributed by atoms with van der Waals surface area (Å²) in [6, 6.07) is 15.1. The maximum absolute atomic E-state index is 13.2. The zero-order valence-electron chi connectivity index (χ0n) is 11.2. The Bertz CT molecular complexity index is 578. The van der Waals surface area contributed by atoms with Gasteiger partial charge >= 0.3 is 0 Å². The molecule has 1 aliphatic rings. The molecule has 0 aliphatic heterocycles. The maximum atomic E-state index is 13.2. The molecule has 2 aromatic carbocycles. The standard InChI is InChI=1S/C17H17ClFN/c18-15-8-6-14(7-9-15)17(13-4-5-13)20-11-12-2-1-3-16(19)10-12/h1-3,6-10,13,17,20H,4-5,11H2. The van der Waals surface area contributed by atoms with Gasteiger partial charge in [0.2, 0.25) is 0 Å². The van der Waals surface area contributed by atoms with Crippen LogP contribution in [0, 0.1) is 11.7 Å². The summed E-state index contributed by atoms with van der Waals surface area (Å²) in [6.45, 7) is 0.682. The second-order valence-corrected chi connectivity index (χ2v) is 5.81. The summed E-state index contributed by atoms with van der Waals surface area (Å²) in [7, 11) is 0. The molecule has 0 spiro atoms. The molecule has 1 fully saturated rings. The van der Waals surface area contributed by atoms with Crippen molar-refractivity contribution in [3.05, 3.63) is 70.5 Å². The SMILES string of the molecule is Fc1cccc(CNC(c2ccc(Cl)cc2)C2CC2)c1. The molecule has 0 bridgehead atoms. The highest BCUT2D eigenvalue weighted by Gasteiger charge is 2.31. The van der Waals surface area contributed by atoms with Gasteiger partial charge in [0, 0.05) is 17.6 Å². The van der Waals surface area contributed by atoms with Crippen molar-refractivity contribution in [1.29, 1.82) is 0 Å². The van der Waals surface area contributed by atoms with Crippen molar-refractivity contribution in [2.45, 2.75) is 25.4 Å². The van der Waals surface area contributed by atoms with Crippen LogP contribution in [0.5, 0.6) is 0 Å². The number of halogens is 2. The second kappa shape index (κ2) is 5.94. The van der Waals surface area contributed by atoms with Crippen LogP contribution < -0.4 is 5.32 Å². The van der Waals surface area contributed by atoms with Crippen LogP contribution in [0.25, 0.3) is 0 Å². The summed E-state index contributed by atoms with van der Waals surface area (Å²) in [5.74, 6) is 0.503. The Kier molecular flexibility index (Phi) is 4.04. The average Bonchev–Trinajstić information content (AvgIpc) is 3.26. The molecule has 1 saturated carbocycles. The van der Waals surface area contributed by atoms with Crippen LogP contribution in [0.4, 0.5) is 4.39 Å². The van der Waals surface area contributed by atoms with Crippen LogP contribution in [0.1, 0.15) is 30.0 Å². The Labute approximate surface area is 123 Å². The smallest absolute Gasteiger partial charge is 0.123 e. The lowest BCUT2D eigenvalue weighted by molar-refractivity contribution is 0.479. The highest BCUT2D eigenvalue weighted by atomic mass is 35.5. The van der Waals surface area contributed by atoms with E-state index in [0.717, 1.165) is 10.6 Å². The average molecular weight is 290 g/mol. The fourth-order valence-corrected chi connectivity index (χ4v) is 2.66. The second-order valence-electron chi connectivity index (χ2n) is 5.38. The summed E-state index contributed by atoms with van der Waals surface area (Å²) in [5, 5.41) is 4.31. The zero-order valence-corrected chi connectivity index (χ0v) is 11.9. The van der Waals surface area contributed by atoms with Gasteiger partial charge in [0.1, 0.15) is 5.82 Å². The fraction of sp³-hybridized carbons (Fsp3) is 0.294. The van der Waals surface area contributed by atoms with Crippen LogP contribution in [-0.4, -0.2) is 0 Å². The molecule has 0 aromatic heterocycles. The molecule has 0 heterocycles. The van der Waals surface area contributed by atoms with Gasteiger partial charge in [-0.3, -0.25) is 0 Å². The third-order valence-corrected chi connectivity index (χ3v) is 3.99. The largest absolute Gasteiger partial charge is 0.306 e. The normalized spacial score (nSPS) is 16.1. The molecular weight excluding hydrogens is 273 g/mol. The van der Waals surface area contributed by atoms with Gasteiger partial charge in [-0.1, -0.05) is 35.9 Å². The van der Waals surface area contributed by atoms with E-state index in [9.17, 15) is 4.39 Å². The van der Waals surface area contributed by atoms with E-state index in [1.165, 1.54) is 24.5 Å². The third kappa shape index (κ3) is 3.38. The van der Waals surface area contributed by atoms with Crippen molar-refractivity contribution in [2.24, 2.45) is 5.92 Å². The Morgan fingerprint density at radius 1 is 1.15 bits per heavy atom. The minimum Gasteiger partial charge on any atom is -0.306 e. The van der Waals surface area contributed by atoms with Gasteiger partial charge in [0.25, 0.3) is 0 Å². The molecule has 20 heavy (non-hydrogen) atoms. The summed E-state index contributed by atoms with van der Waals surface area (Å²) in [4.78, 5) is 0. The number of hydrogen-bond acceptors (Lipinski definition) is 1. The van der Waals surface area contributed by atoms with Gasteiger partial charge in [-0.25, -0.2) is 4.39 Å². The molecule has 1 N–H and O–H groups in total. The number of benzene rings is 2. The first-order valence-electron chi connectivity index (χ1n) is 6.95. The first-order valence-corrected chi connectivity index (χ1v) is 7.33. The lowest BCUT2D eigenvalue weighted by Gasteiger charge is -2.19. The van der Waals surface area contributed by atoms with Crippen molar-refractivity contribution >= 4 is 11.6 Å². The molecule has 0 saturated heterocycles. The van der Waals surface area contributed by atoms with Gasteiger partial charge < -0.3 is 5.32 Å². The minimum absolute atomic E-state index is 0.182. The Morgan fingerprint density at radius 3 is 2.55 bits per heavy atom. The highest BCUT2D eigenvalue weighted by Crippen LogP contribution is 2.41. The third-order valence-electron chi connectivity index (χ3n) is 3.74. The van der Waals surface area contributed by atoms with E-state index in [2.05, 4.69) is 17.4 Å². The monoisotopic (exact) mass is 289 g/mol. The molecule has 1 aliphatic carbocycles. The molecular formula is C17H17ClFN. The van der Waals surface area contributed by atoms with E-state index < -0.39 is 0 Å². The minimum atomic E-state index is -0.182. The fourth-order valence-electron chi connectivity index (χ4n) is 2.53. The molecule has 1 nitrogen and oxygen atoms in total. The van der Waals surface area contributed by atoms with Crippen LogP contribution in [0.2, 0.25) is 5.02 Å². The lowest BCUT2D eigenvalue weighted by Crippen LogP contribution is -2.22. The number of hydrogen-bond donors (Lipinski definition) is 1. The van der Waals surface area contributed by atoms with Crippen molar-refractivity contribution in [2.75, 3.05) is 0 Å². The van der Waals surface area contributed by atoms with Gasteiger partial charge in [0.15, 0.2) is 0 Å². The van der Waals surface area contributed by atoms with Gasteiger partial charge in [-0.15, -0.1) is 0 Å². The molecule has 0 radical (unpaired) electrons. The van der Waals surface area contributed by atoms with Crippen LogP contribution in [0.15, 0.2) is 48.5 Å². The summed E-state index contributed by atoms with van der Waals surface area (Å²) in [6.07, 6.45) is 2.51. The van der Waals surface area contributed by atoms with Crippen molar-refractivity contribution in [1.82, 2.24) is 5.32 Å². The molecule has 104 valence electrons. The summed E-state index contributed by atoms with van der Waals surface area (Å²) in [5.41, 5.74) is 2.23. The van der Waals surface area contributed by atoms with E-state index in [4.69, 9.17) is 11.6 Å². The first-order chi connectivity index (χ1) is 9.72. The topological polar surface area (TPSA) is 12.0 Å². The quantitative estimate of drug-likeness (QED) is 0.840. The van der Waals surface area contributed by atoms with Crippen LogP contribution in [-0.2, 0) is 6.54 Å². The molecule has 0 amide bonds. The number of rotatable bonds is 5. The molecule has 1 unspecified atom stereocenters. The van der Waals surface area contributed by atoms with E-state index in [1.807, 2.05) is 18.2 Å². The maximum Gasteiger partial charge on any atom is 0.123 e. The zero-order chi connectivity index (χ0) is 13.9. The van der Waals surface area contributed by atoms with Crippen molar-refractivity contribution in [3.8, 4) is 0 Å². The number of nitrogens with one attached hydrogen (secondary N) is 1. The van der Waals surface area contributed by atoms with E-state index in [-0.39, 0.29) is 5.82 Å².